The topological polar surface area (TPSA) is 65.7 Å². The smallest absolute Gasteiger partial charge is 0.165 e. The van der Waals surface area contributed by atoms with Gasteiger partial charge in [0.1, 0.15) is 11.8 Å². The van der Waals surface area contributed by atoms with Crippen molar-refractivity contribution in [1.29, 1.82) is 0 Å². The van der Waals surface area contributed by atoms with Gasteiger partial charge in [-0.05, 0) is 47.5 Å². The highest BCUT2D eigenvalue weighted by molar-refractivity contribution is 6.30. The molecule has 2 aromatic carbocycles. The molecular formula is C28H22N2O2. The molecule has 0 spiro atoms. The first-order valence-electron chi connectivity index (χ1n) is 10.6. The van der Waals surface area contributed by atoms with E-state index in [0.29, 0.717) is 11.4 Å². The molecule has 2 aromatic heterocycles. The number of rotatable bonds is 6. The Hall–Kier alpha value is -4.18. The fourth-order valence-electron chi connectivity index (χ4n) is 4.02. The quantitative estimate of drug-likeness (QED) is 0.394. The molecule has 2 N–H and O–H groups in total. The van der Waals surface area contributed by atoms with Crippen LogP contribution in [0.5, 0.6) is 0 Å². The van der Waals surface area contributed by atoms with Crippen molar-refractivity contribution in [3.05, 3.63) is 119 Å². The van der Waals surface area contributed by atoms with Gasteiger partial charge in [0.2, 0.25) is 0 Å². The first-order valence-corrected chi connectivity index (χ1v) is 10.6. The van der Waals surface area contributed by atoms with Crippen molar-refractivity contribution in [3.8, 4) is 0 Å². The number of carbonyl (C=O) groups is 2. The monoisotopic (exact) mass is 418 g/mol. The molecule has 0 radical (unpaired) electrons. The molecule has 4 nitrogen and oxygen atoms in total. The summed E-state index contributed by atoms with van der Waals surface area (Å²) >= 11 is 0. The Morgan fingerprint density at radius 3 is 1.31 bits per heavy atom. The fraction of sp³-hybridized carbons (Fsp3) is 0.0714. The number of hydrogen-bond donors (Lipinski definition) is 2. The Balaban J connectivity index is 1.27. The molecule has 0 atom stereocenters. The van der Waals surface area contributed by atoms with Crippen LogP contribution in [-0.2, 0) is 9.59 Å². The van der Waals surface area contributed by atoms with Crippen molar-refractivity contribution < 1.29 is 9.59 Å². The van der Waals surface area contributed by atoms with Gasteiger partial charge in [0.05, 0.1) is 0 Å². The summed E-state index contributed by atoms with van der Waals surface area (Å²) in [6, 6.07) is 27.4. The van der Waals surface area contributed by atoms with Gasteiger partial charge in [0, 0.05) is 22.8 Å². The zero-order chi connectivity index (χ0) is 21.9. The predicted molar refractivity (Wildman–Crippen MR) is 128 cm³/mol. The highest BCUT2D eigenvalue weighted by atomic mass is 16.2. The zero-order valence-corrected chi connectivity index (χ0v) is 17.4. The number of aromatic nitrogens is 2. The van der Waals surface area contributed by atoms with Gasteiger partial charge < -0.3 is 9.97 Å². The van der Waals surface area contributed by atoms with E-state index in [0.717, 1.165) is 22.5 Å². The van der Waals surface area contributed by atoms with Gasteiger partial charge in [-0.2, -0.15) is 0 Å². The SMILES string of the molecule is O=C1C(c2ccc(/C=C/c3ccccc3)[nH]2)C(=O)C1c1ccc(/C=C/c2ccccc2)[nH]1. The van der Waals surface area contributed by atoms with Crippen molar-refractivity contribution >= 4 is 35.9 Å². The van der Waals surface area contributed by atoms with Crippen LogP contribution in [0.15, 0.2) is 84.9 Å². The average Bonchev–Trinajstić information content (AvgIpc) is 3.48. The van der Waals surface area contributed by atoms with Crippen LogP contribution < -0.4 is 0 Å². The first-order chi connectivity index (χ1) is 15.7. The van der Waals surface area contributed by atoms with E-state index < -0.39 is 11.8 Å². The van der Waals surface area contributed by atoms with Crippen LogP contribution in [0.3, 0.4) is 0 Å². The molecule has 0 amide bonds. The molecular weight excluding hydrogens is 396 g/mol. The highest BCUT2D eigenvalue weighted by Crippen LogP contribution is 2.40. The zero-order valence-electron chi connectivity index (χ0n) is 17.4. The Bertz CT molecular complexity index is 1190. The van der Waals surface area contributed by atoms with Crippen LogP contribution in [0, 0.1) is 0 Å². The minimum Gasteiger partial charge on any atom is -0.358 e. The molecule has 4 aromatic rings. The van der Waals surface area contributed by atoms with E-state index in [1.165, 1.54) is 0 Å². The Kier molecular flexibility index (Phi) is 5.26. The maximum atomic E-state index is 12.9. The summed E-state index contributed by atoms with van der Waals surface area (Å²) in [6.45, 7) is 0. The minimum absolute atomic E-state index is 0.0733. The van der Waals surface area contributed by atoms with Gasteiger partial charge in [-0.3, -0.25) is 9.59 Å². The normalized spacial score (nSPS) is 18.5. The third-order valence-corrected chi connectivity index (χ3v) is 5.73. The second kappa shape index (κ2) is 8.52. The van der Waals surface area contributed by atoms with Gasteiger partial charge in [-0.15, -0.1) is 0 Å². The van der Waals surface area contributed by atoms with E-state index in [2.05, 4.69) is 9.97 Å². The van der Waals surface area contributed by atoms with Crippen LogP contribution in [0.25, 0.3) is 24.3 Å². The number of benzene rings is 2. The molecule has 1 saturated carbocycles. The summed E-state index contributed by atoms with van der Waals surface area (Å²) in [5.41, 5.74) is 5.20. The number of aromatic amines is 2. The van der Waals surface area contributed by atoms with Gasteiger partial charge >= 0.3 is 0 Å². The first kappa shape index (κ1) is 19.8. The second-order valence-corrected chi connectivity index (χ2v) is 7.90. The minimum atomic E-state index is -0.717. The highest BCUT2D eigenvalue weighted by Gasteiger charge is 2.51. The lowest BCUT2D eigenvalue weighted by molar-refractivity contribution is -0.142. The van der Waals surface area contributed by atoms with Crippen molar-refractivity contribution in [2.75, 3.05) is 0 Å². The lowest BCUT2D eigenvalue weighted by Gasteiger charge is -2.30. The molecule has 1 fully saturated rings. The summed E-state index contributed by atoms with van der Waals surface area (Å²) in [5.74, 6) is -1.58. The maximum absolute atomic E-state index is 12.9. The van der Waals surface area contributed by atoms with E-state index in [9.17, 15) is 9.59 Å². The molecule has 0 aliphatic heterocycles. The van der Waals surface area contributed by atoms with Crippen LogP contribution in [-0.4, -0.2) is 21.5 Å². The third-order valence-electron chi connectivity index (χ3n) is 5.73. The number of Topliss-reactive ketones (excluding diaryl/α,β-unsaturated/α-hetero) is 2. The number of carbonyl (C=O) groups excluding carboxylic acids is 2. The van der Waals surface area contributed by atoms with Crippen molar-refractivity contribution in [2.24, 2.45) is 0 Å². The van der Waals surface area contributed by atoms with Gasteiger partial charge in [-0.25, -0.2) is 0 Å². The van der Waals surface area contributed by atoms with Crippen LogP contribution in [0.2, 0.25) is 0 Å². The molecule has 0 unspecified atom stereocenters. The summed E-state index contributed by atoms with van der Waals surface area (Å²) in [4.78, 5) is 32.1. The average molecular weight is 418 g/mol. The number of hydrogen-bond acceptors (Lipinski definition) is 2. The standard InChI is InChI=1S/C28H22N2O2/c31-27-25(23-17-15-21(29-23)13-11-19-7-3-1-4-8-19)28(32)26(27)24-18-16-22(30-24)14-12-20-9-5-2-6-10-20/h1-18,25-26,29-30H/b13-11+,14-12+. The number of nitrogens with one attached hydrogen (secondary N) is 2. The number of ketones is 2. The lowest BCUT2D eigenvalue weighted by Crippen LogP contribution is -2.44. The van der Waals surface area contributed by atoms with Crippen molar-refractivity contribution in [2.45, 2.75) is 11.8 Å². The van der Waals surface area contributed by atoms with E-state index >= 15 is 0 Å². The lowest BCUT2D eigenvalue weighted by atomic mass is 9.69. The van der Waals surface area contributed by atoms with E-state index in [1.807, 2.05) is 109 Å². The number of H-pyrrole nitrogens is 2. The predicted octanol–water partition coefficient (Wildman–Crippen LogP) is 5.70. The van der Waals surface area contributed by atoms with Crippen molar-refractivity contribution in [1.82, 2.24) is 9.97 Å². The molecule has 5 rings (SSSR count). The molecule has 0 bridgehead atoms. The molecule has 1 aliphatic rings. The summed E-state index contributed by atoms with van der Waals surface area (Å²) in [5, 5.41) is 0. The summed E-state index contributed by atoms with van der Waals surface area (Å²) < 4.78 is 0. The van der Waals surface area contributed by atoms with Crippen LogP contribution in [0.1, 0.15) is 45.7 Å². The Morgan fingerprint density at radius 1 is 0.500 bits per heavy atom. The van der Waals surface area contributed by atoms with Gasteiger partial charge in [0.25, 0.3) is 0 Å². The third kappa shape index (κ3) is 3.91. The van der Waals surface area contributed by atoms with Gasteiger partial charge in [0.15, 0.2) is 11.6 Å². The molecule has 156 valence electrons. The maximum Gasteiger partial charge on any atom is 0.165 e. The fourth-order valence-corrected chi connectivity index (χ4v) is 4.02. The molecule has 0 saturated heterocycles. The van der Waals surface area contributed by atoms with Crippen LogP contribution in [0.4, 0.5) is 0 Å². The summed E-state index contributed by atoms with van der Waals surface area (Å²) in [7, 11) is 0. The molecule has 2 heterocycles. The summed E-state index contributed by atoms with van der Waals surface area (Å²) in [6.07, 6.45) is 7.87. The second-order valence-electron chi connectivity index (χ2n) is 7.90. The molecule has 4 heteroatoms. The molecule has 1 aliphatic carbocycles. The van der Waals surface area contributed by atoms with Gasteiger partial charge in [-0.1, -0.05) is 72.8 Å². The molecule has 32 heavy (non-hydrogen) atoms. The van der Waals surface area contributed by atoms with E-state index in [-0.39, 0.29) is 11.6 Å². The van der Waals surface area contributed by atoms with E-state index in [4.69, 9.17) is 0 Å². The largest absolute Gasteiger partial charge is 0.358 e. The van der Waals surface area contributed by atoms with Crippen LogP contribution >= 0.6 is 0 Å². The Labute approximate surface area is 186 Å². The van der Waals surface area contributed by atoms with E-state index in [1.54, 1.807) is 0 Å². The Morgan fingerprint density at radius 2 is 0.906 bits per heavy atom. The van der Waals surface area contributed by atoms with Crippen molar-refractivity contribution in [3.63, 3.8) is 0 Å².